The minimum absolute atomic E-state index is 0. The van der Waals surface area contributed by atoms with E-state index in [-0.39, 0.29) is 17.0 Å². The number of unbranched alkanes of at least 4 members (excludes halogenated alkanes) is 4. The van der Waals surface area contributed by atoms with Gasteiger partial charge < -0.3 is 17.0 Å². The van der Waals surface area contributed by atoms with E-state index in [1.807, 2.05) is 0 Å². The highest BCUT2D eigenvalue weighted by Gasteiger charge is 2.47. The Labute approximate surface area is 137 Å². The van der Waals surface area contributed by atoms with Crippen molar-refractivity contribution in [3.63, 3.8) is 0 Å². The Bertz CT molecular complexity index is 560. The Morgan fingerprint density at radius 1 is 1.00 bits per heavy atom. The standard InChI is InChI=1S/C16H20F3S.BrH/c1-2-3-4-5-6-10-14-12-13-9-7-8-11-15(13)20(14)16(17,18)19;/h7-9,11-12H,2-6,10H2,1H3;1H/q+1;/p-1. The molecule has 118 valence electrons. The number of rotatable bonds is 6. The maximum Gasteiger partial charge on any atom is 0.600 e. The molecule has 0 spiro atoms. The third kappa shape index (κ3) is 4.71. The van der Waals surface area contributed by atoms with Crippen LogP contribution in [-0.2, 0) is 11.9 Å². The van der Waals surface area contributed by atoms with Gasteiger partial charge in [0.1, 0.15) is 0 Å². The van der Waals surface area contributed by atoms with Crippen LogP contribution in [0.25, 0.3) is 10.1 Å². The average Bonchev–Trinajstić information content (AvgIpc) is 2.76. The first kappa shape index (κ1) is 18.5. The fourth-order valence-corrected chi connectivity index (χ4v) is 4.51. The summed E-state index contributed by atoms with van der Waals surface area (Å²) in [4.78, 5) is 0.565. The van der Waals surface area contributed by atoms with Crippen molar-refractivity contribution in [3.8, 4) is 0 Å². The van der Waals surface area contributed by atoms with Crippen LogP contribution in [0.15, 0.2) is 30.3 Å². The van der Waals surface area contributed by atoms with Gasteiger partial charge in [-0.2, -0.15) is 0 Å². The summed E-state index contributed by atoms with van der Waals surface area (Å²) in [7, 11) is -1.70. The summed E-state index contributed by atoms with van der Waals surface area (Å²) in [5, 5.41) is 0.747. The van der Waals surface area contributed by atoms with Crippen molar-refractivity contribution in [2.45, 2.75) is 51.0 Å². The second-order valence-corrected chi connectivity index (χ2v) is 7.10. The van der Waals surface area contributed by atoms with E-state index in [4.69, 9.17) is 0 Å². The maximum absolute atomic E-state index is 13.3. The molecule has 1 aromatic heterocycles. The molecule has 0 aliphatic carbocycles. The number of fused-ring (bicyclic) bond motifs is 1. The lowest BCUT2D eigenvalue weighted by molar-refractivity contribution is -0.0867. The normalized spacial score (nSPS) is 12.5. The van der Waals surface area contributed by atoms with E-state index >= 15 is 0 Å². The van der Waals surface area contributed by atoms with Gasteiger partial charge in [0.25, 0.3) is 0 Å². The third-order valence-electron chi connectivity index (χ3n) is 3.48. The molecule has 0 bridgehead atoms. The second kappa shape index (κ2) is 8.18. The molecule has 0 aliphatic heterocycles. The molecule has 1 aromatic carbocycles. The van der Waals surface area contributed by atoms with Gasteiger partial charge in [0, 0.05) is 17.9 Å². The van der Waals surface area contributed by atoms with Gasteiger partial charge in [0.2, 0.25) is 0 Å². The SMILES string of the molecule is CCCCCCCc1cc2ccccc2[s+]1C(F)(F)F.[Br-]. The van der Waals surface area contributed by atoms with Crippen molar-refractivity contribution >= 4 is 20.6 Å². The second-order valence-electron chi connectivity index (χ2n) is 5.06. The highest BCUT2D eigenvalue weighted by atomic mass is 79.9. The molecular formula is C16H20BrF3S. The Morgan fingerprint density at radius 2 is 1.67 bits per heavy atom. The molecule has 0 saturated carbocycles. The number of hydrogen-bond acceptors (Lipinski definition) is 0. The van der Waals surface area contributed by atoms with Crippen LogP contribution < -0.4 is 17.0 Å². The zero-order chi connectivity index (χ0) is 14.6. The number of halogens is 4. The number of benzene rings is 1. The van der Waals surface area contributed by atoms with Gasteiger partial charge in [0.05, 0.1) is 10.5 Å². The predicted molar refractivity (Wildman–Crippen MR) is 80.2 cm³/mol. The van der Waals surface area contributed by atoms with Crippen molar-refractivity contribution in [2.75, 3.05) is 0 Å². The van der Waals surface area contributed by atoms with E-state index in [1.54, 1.807) is 30.3 Å². The van der Waals surface area contributed by atoms with Gasteiger partial charge in [-0.3, -0.25) is 0 Å². The van der Waals surface area contributed by atoms with Crippen LogP contribution in [0.2, 0.25) is 0 Å². The van der Waals surface area contributed by atoms with E-state index in [9.17, 15) is 13.2 Å². The maximum atomic E-state index is 13.3. The highest BCUT2D eigenvalue weighted by molar-refractivity contribution is 7.38. The zero-order valence-electron chi connectivity index (χ0n) is 12.0. The van der Waals surface area contributed by atoms with Crippen LogP contribution in [0, 0.1) is 0 Å². The first-order valence-electron chi connectivity index (χ1n) is 7.14. The summed E-state index contributed by atoms with van der Waals surface area (Å²) in [5.41, 5.74) is -4.15. The number of thiophene rings is 1. The van der Waals surface area contributed by atoms with E-state index < -0.39 is 16.0 Å². The first-order chi connectivity index (χ1) is 9.54. The van der Waals surface area contributed by atoms with E-state index in [0.29, 0.717) is 16.0 Å². The van der Waals surface area contributed by atoms with Crippen LogP contribution in [0.1, 0.15) is 43.9 Å². The Morgan fingerprint density at radius 3 is 2.33 bits per heavy atom. The van der Waals surface area contributed by atoms with Gasteiger partial charge in [0.15, 0.2) is 9.58 Å². The zero-order valence-corrected chi connectivity index (χ0v) is 14.5. The average molecular weight is 381 g/mol. The van der Waals surface area contributed by atoms with Crippen molar-refractivity contribution in [3.05, 3.63) is 35.2 Å². The minimum atomic E-state index is -4.15. The molecule has 2 aromatic rings. The van der Waals surface area contributed by atoms with Crippen molar-refractivity contribution < 1.29 is 30.2 Å². The Balaban J connectivity index is 0.00000220. The van der Waals surface area contributed by atoms with Crippen LogP contribution in [0.5, 0.6) is 0 Å². The summed E-state index contributed by atoms with van der Waals surface area (Å²) in [6.07, 6.45) is 5.90. The summed E-state index contributed by atoms with van der Waals surface area (Å²) in [5.74, 6) is 0. The van der Waals surface area contributed by atoms with Crippen LogP contribution in [0.4, 0.5) is 13.2 Å². The van der Waals surface area contributed by atoms with Gasteiger partial charge in [-0.05, 0) is 18.6 Å². The molecule has 1 heterocycles. The molecular weight excluding hydrogens is 361 g/mol. The Hall–Kier alpha value is -0.550. The monoisotopic (exact) mass is 380 g/mol. The summed E-state index contributed by atoms with van der Waals surface area (Å²) >= 11 is 0. The quantitative estimate of drug-likeness (QED) is 0.530. The van der Waals surface area contributed by atoms with Gasteiger partial charge >= 0.3 is 5.51 Å². The summed E-state index contributed by atoms with van der Waals surface area (Å²) in [6, 6.07) is 8.66. The van der Waals surface area contributed by atoms with Crippen LogP contribution in [0.3, 0.4) is 0 Å². The minimum Gasteiger partial charge on any atom is -1.00 e. The van der Waals surface area contributed by atoms with E-state index in [0.717, 1.165) is 31.1 Å². The molecule has 1 unspecified atom stereocenters. The molecule has 1 atom stereocenters. The fraction of sp³-hybridized carbons (Fsp3) is 0.500. The lowest BCUT2D eigenvalue weighted by Crippen LogP contribution is -3.00. The molecule has 0 radical (unpaired) electrons. The topological polar surface area (TPSA) is 0 Å². The van der Waals surface area contributed by atoms with Crippen molar-refractivity contribution in [1.82, 2.24) is 0 Å². The van der Waals surface area contributed by atoms with Gasteiger partial charge in [-0.1, -0.05) is 44.7 Å². The fourth-order valence-electron chi connectivity index (χ4n) is 2.51. The van der Waals surface area contributed by atoms with E-state index in [1.165, 1.54) is 6.42 Å². The molecule has 2 rings (SSSR count). The van der Waals surface area contributed by atoms with Gasteiger partial charge in [-0.25, -0.2) is 0 Å². The molecule has 0 fully saturated rings. The summed E-state index contributed by atoms with van der Waals surface area (Å²) in [6.45, 7) is 2.14. The van der Waals surface area contributed by atoms with Gasteiger partial charge in [-0.15, -0.1) is 13.2 Å². The lowest BCUT2D eigenvalue weighted by Gasteiger charge is -2.01. The van der Waals surface area contributed by atoms with E-state index in [2.05, 4.69) is 6.92 Å². The smallest absolute Gasteiger partial charge is 0.600 e. The lowest BCUT2D eigenvalue weighted by atomic mass is 10.1. The van der Waals surface area contributed by atoms with Crippen LogP contribution >= 0.6 is 10.5 Å². The third-order valence-corrected chi connectivity index (χ3v) is 5.60. The molecule has 0 aliphatic rings. The first-order valence-corrected chi connectivity index (χ1v) is 8.37. The molecule has 21 heavy (non-hydrogen) atoms. The summed E-state index contributed by atoms with van der Waals surface area (Å²) < 4.78 is 40.3. The molecule has 5 heteroatoms. The largest absolute Gasteiger partial charge is 1.00 e. The van der Waals surface area contributed by atoms with Crippen molar-refractivity contribution in [1.29, 1.82) is 0 Å². The molecule has 0 N–H and O–H groups in total. The highest BCUT2D eigenvalue weighted by Crippen LogP contribution is 2.51. The number of aryl methyl sites for hydroxylation is 1. The number of alkyl halides is 3. The molecule has 0 nitrogen and oxygen atoms in total. The predicted octanol–water partition coefficient (Wildman–Crippen LogP) is 3.58. The Kier molecular flexibility index (Phi) is 7.21. The molecule has 0 amide bonds. The van der Waals surface area contributed by atoms with Crippen LogP contribution in [-0.4, -0.2) is 0 Å². The number of hydrogen-bond donors (Lipinski definition) is 0. The molecule has 0 saturated heterocycles. The van der Waals surface area contributed by atoms with Crippen molar-refractivity contribution in [2.24, 2.45) is 0 Å².